The van der Waals surface area contributed by atoms with Gasteiger partial charge in [-0.3, -0.25) is 9.69 Å². The number of hydrogen-bond acceptors (Lipinski definition) is 11. The molecule has 0 N–H and O–H groups in total. The van der Waals surface area contributed by atoms with Gasteiger partial charge < -0.3 is 42.8 Å². The minimum atomic E-state index is -1.41. The first-order valence-electron chi connectivity index (χ1n) is 15.8. The molecule has 2 fully saturated rings. The molecule has 0 radical (unpaired) electrons. The highest BCUT2D eigenvalue weighted by molar-refractivity contribution is 5.79. The Hall–Kier alpha value is -3.67. The van der Waals surface area contributed by atoms with Gasteiger partial charge in [0.05, 0.1) is 39.5 Å². The zero-order valence-corrected chi connectivity index (χ0v) is 27.0. The molecule has 0 saturated carbocycles. The summed E-state index contributed by atoms with van der Waals surface area (Å²) in [5, 5.41) is 0. The summed E-state index contributed by atoms with van der Waals surface area (Å²) in [6.45, 7) is 12.1. The number of hydrogen-bond donors (Lipinski definition) is 0. The predicted molar refractivity (Wildman–Crippen MR) is 166 cm³/mol. The highest BCUT2D eigenvalue weighted by Crippen LogP contribution is 2.51. The third-order valence-corrected chi connectivity index (χ3v) is 8.43. The molecule has 0 bridgehead atoms. The maximum absolute atomic E-state index is 13.9. The first kappa shape index (κ1) is 32.7. The van der Waals surface area contributed by atoms with Crippen molar-refractivity contribution in [2.24, 2.45) is 11.8 Å². The van der Waals surface area contributed by atoms with Crippen LogP contribution in [0.3, 0.4) is 0 Å². The number of carbonyl (C=O) groups is 1. The number of cyclic esters (lactones) is 1. The molecule has 11 heteroatoms. The summed E-state index contributed by atoms with van der Waals surface area (Å²) in [6, 6.07) is 11.4. The van der Waals surface area contributed by atoms with Crippen LogP contribution in [0.1, 0.15) is 31.9 Å². The van der Waals surface area contributed by atoms with Crippen molar-refractivity contribution in [3.8, 4) is 23.0 Å². The lowest BCUT2D eigenvalue weighted by molar-refractivity contribution is -0.239. The van der Waals surface area contributed by atoms with Crippen molar-refractivity contribution >= 4 is 5.97 Å². The van der Waals surface area contributed by atoms with E-state index in [0.717, 1.165) is 31.7 Å². The van der Waals surface area contributed by atoms with Gasteiger partial charge in [-0.2, -0.15) is 0 Å². The minimum absolute atomic E-state index is 0.0393. The number of nitrogens with zero attached hydrogens (tertiary/aromatic N) is 2. The summed E-state index contributed by atoms with van der Waals surface area (Å²) in [4.78, 5) is 18.6. The van der Waals surface area contributed by atoms with Gasteiger partial charge in [0.2, 0.25) is 18.3 Å². The van der Waals surface area contributed by atoms with E-state index in [4.69, 9.17) is 37.9 Å². The highest BCUT2D eigenvalue weighted by Gasteiger charge is 2.60. The van der Waals surface area contributed by atoms with E-state index in [-0.39, 0.29) is 6.79 Å². The third-order valence-electron chi connectivity index (χ3n) is 8.43. The molecule has 246 valence electrons. The molecule has 2 aromatic carbocycles. The molecule has 3 atom stereocenters. The second-order valence-electron chi connectivity index (χ2n) is 11.3. The molecule has 0 spiro atoms. The molecular formula is C34H46N2O9. The predicted octanol–water partition coefficient (Wildman–Crippen LogP) is 4.19. The Morgan fingerprint density at radius 1 is 0.933 bits per heavy atom. The lowest BCUT2D eigenvalue weighted by Gasteiger charge is -2.37. The van der Waals surface area contributed by atoms with Crippen LogP contribution < -0.4 is 18.9 Å². The SMILES string of the molecule is CCOc1cc(CC2C(C3=COCO3)C(=O)OC2(OCCN2CCN(C)CC2)c2ccc(OC)cc2)cc(OCC)c1OCC. The second kappa shape index (κ2) is 15.1. The topological polar surface area (TPSA) is 97.4 Å². The van der Waals surface area contributed by atoms with E-state index in [2.05, 4.69) is 16.8 Å². The van der Waals surface area contributed by atoms with Crippen LogP contribution in [-0.4, -0.2) is 95.9 Å². The average molecular weight is 627 g/mol. The average Bonchev–Trinajstić information content (AvgIpc) is 3.66. The Balaban J connectivity index is 1.56. The van der Waals surface area contributed by atoms with Crippen molar-refractivity contribution in [1.29, 1.82) is 0 Å². The standard InChI is InChI=1S/C34H46N2O9/c1-6-40-28-20-24(21-29(41-7-2)32(28)42-8-3)19-27-31(30-22-39-23-43-30)33(37)45-34(27,25-9-11-26(38-5)12-10-25)44-18-17-36-15-13-35(4)14-16-36/h9-12,20-22,27,31H,6-8,13-19,23H2,1-5H3. The van der Waals surface area contributed by atoms with E-state index in [9.17, 15) is 4.79 Å². The fourth-order valence-electron chi connectivity index (χ4n) is 6.18. The molecular weight excluding hydrogens is 580 g/mol. The van der Waals surface area contributed by atoms with Gasteiger partial charge in [-0.1, -0.05) is 0 Å². The van der Waals surface area contributed by atoms with Crippen molar-refractivity contribution < 1.29 is 42.7 Å². The van der Waals surface area contributed by atoms with Crippen LogP contribution in [0.2, 0.25) is 0 Å². The maximum Gasteiger partial charge on any atom is 0.320 e. The van der Waals surface area contributed by atoms with Crippen molar-refractivity contribution in [2.45, 2.75) is 33.0 Å². The number of methoxy groups -OCH3 is 1. The van der Waals surface area contributed by atoms with E-state index < -0.39 is 23.6 Å². The molecule has 3 heterocycles. The molecule has 5 rings (SSSR count). The van der Waals surface area contributed by atoms with Crippen molar-refractivity contribution in [2.75, 3.05) is 80.1 Å². The largest absolute Gasteiger partial charge is 0.497 e. The Bertz CT molecular complexity index is 1280. The van der Waals surface area contributed by atoms with E-state index in [1.807, 2.05) is 57.2 Å². The molecule has 11 nitrogen and oxygen atoms in total. The quantitative estimate of drug-likeness (QED) is 0.266. The Morgan fingerprint density at radius 3 is 2.18 bits per heavy atom. The van der Waals surface area contributed by atoms with Gasteiger partial charge in [0.25, 0.3) is 0 Å². The lowest BCUT2D eigenvalue weighted by Crippen LogP contribution is -2.47. The smallest absolute Gasteiger partial charge is 0.320 e. The number of piperazine rings is 1. The lowest BCUT2D eigenvalue weighted by atomic mass is 9.79. The van der Waals surface area contributed by atoms with E-state index in [1.165, 1.54) is 6.26 Å². The Kier molecular flexibility index (Phi) is 11.0. The van der Waals surface area contributed by atoms with Gasteiger partial charge in [0.15, 0.2) is 11.5 Å². The zero-order chi connectivity index (χ0) is 31.8. The summed E-state index contributed by atoms with van der Waals surface area (Å²) in [6.07, 6.45) is 1.88. The number of carbonyl (C=O) groups excluding carboxylic acids is 1. The number of esters is 1. The van der Waals surface area contributed by atoms with Crippen LogP contribution in [0.25, 0.3) is 0 Å². The summed E-state index contributed by atoms with van der Waals surface area (Å²) < 4.78 is 47.8. The van der Waals surface area contributed by atoms with Crippen LogP contribution in [0, 0.1) is 11.8 Å². The van der Waals surface area contributed by atoms with Crippen LogP contribution >= 0.6 is 0 Å². The molecule has 3 unspecified atom stereocenters. The normalized spacial score (nSPS) is 23.6. The summed E-state index contributed by atoms with van der Waals surface area (Å²) in [5.41, 5.74) is 1.58. The number of likely N-dealkylation sites (N-methyl/N-ethyl adjacent to an activating group) is 1. The molecule has 45 heavy (non-hydrogen) atoms. The number of rotatable bonds is 15. The Labute approximate surface area is 265 Å². The number of benzene rings is 2. The van der Waals surface area contributed by atoms with Crippen molar-refractivity contribution in [3.05, 3.63) is 59.5 Å². The molecule has 3 aliphatic rings. The van der Waals surface area contributed by atoms with Crippen LogP contribution in [0.15, 0.2) is 48.4 Å². The summed E-state index contributed by atoms with van der Waals surface area (Å²) >= 11 is 0. The zero-order valence-electron chi connectivity index (χ0n) is 27.0. The van der Waals surface area contributed by atoms with Gasteiger partial charge in [-0.25, -0.2) is 0 Å². The van der Waals surface area contributed by atoms with Crippen molar-refractivity contribution in [3.63, 3.8) is 0 Å². The van der Waals surface area contributed by atoms with Gasteiger partial charge in [-0.05, 0) is 76.2 Å². The molecule has 0 aliphatic carbocycles. The fourth-order valence-corrected chi connectivity index (χ4v) is 6.18. The monoisotopic (exact) mass is 626 g/mol. The fraction of sp³-hybridized carbons (Fsp3) is 0.559. The second-order valence-corrected chi connectivity index (χ2v) is 11.3. The van der Waals surface area contributed by atoms with E-state index >= 15 is 0 Å². The summed E-state index contributed by atoms with van der Waals surface area (Å²) in [7, 11) is 3.75. The number of ether oxygens (including phenoxy) is 8. The van der Waals surface area contributed by atoms with Gasteiger partial charge >= 0.3 is 5.97 Å². The van der Waals surface area contributed by atoms with Crippen molar-refractivity contribution in [1.82, 2.24) is 9.80 Å². The highest BCUT2D eigenvalue weighted by atomic mass is 16.7. The molecule has 0 amide bonds. The first-order chi connectivity index (χ1) is 21.9. The maximum atomic E-state index is 13.9. The molecule has 2 aromatic rings. The first-order valence-corrected chi connectivity index (χ1v) is 15.8. The van der Waals surface area contributed by atoms with Gasteiger partial charge in [-0.15, -0.1) is 0 Å². The van der Waals surface area contributed by atoms with Crippen LogP contribution in [0.5, 0.6) is 23.0 Å². The molecule has 0 aromatic heterocycles. The molecule has 3 aliphatic heterocycles. The van der Waals surface area contributed by atoms with Gasteiger partial charge in [0, 0.05) is 38.3 Å². The third kappa shape index (κ3) is 7.26. The van der Waals surface area contributed by atoms with E-state index in [0.29, 0.717) is 73.7 Å². The van der Waals surface area contributed by atoms with Crippen LogP contribution in [-0.2, 0) is 35.9 Å². The van der Waals surface area contributed by atoms with Crippen LogP contribution in [0.4, 0.5) is 0 Å². The Morgan fingerprint density at radius 2 is 1.60 bits per heavy atom. The van der Waals surface area contributed by atoms with E-state index in [1.54, 1.807) is 7.11 Å². The van der Waals surface area contributed by atoms with Gasteiger partial charge in [0.1, 0.15) is 23.7 Å². The minimum Gasteiger partial charge on any atom is -0.497 e. The molecule has 2 saturated heterocycles. The summed E-state index contributed by atoms with van der Waals surface area (Å²) in [5.74, 6) is -0.327.